The molecule has 1 heterocycles. The number of rotatable bonds is 4. The van der Waals surface area contributed by atoms with Gasteiger partial charge in [0.15, 0.2) is 0 Å². The van der Waals surface area contributed by atoms with Crippen molar-refractivity contribution < 1.29 is 4.39 Å². The second-order valence-corrected chi connectivity index (χ2v) is 5.27. The van der Waals surface area contributed by atoms with Crippen molar-refractivity contribution in [2.24, 2.45) is 0 Å². The summed E-state index contributed by atoms with van der Waals surface area (Å²) in [5.74, 6) is 0.820. The molecule has 0 saturated heterocycles. The molecule has 3 rings (SSSR count). The van der Waals surface area contributed by atoms with Gasteiger partial charge in [-0.2, -0.15) is 0 Å². The van der Waals surface area contributed by atoms with E-state index in [-0.39, 0.29) is 11.9 Å². The monoisotopic (exact) mass is 302 g/mol. The molecule has 21 heavy (non-hydrogen) atoms. The Kier molecular flexibility index (Phi) is 3.93. The summed E-state index contributed by atoms with van der Waals surface area (Å²) >= 11 is 6.05. The smallest absolute Gasteiger partial charge is 0.125 e. The van der Waals surface area contributed by atoms with Gasteiger partial charge in [-0.15, -0.1) is 11.6 Å². The quantitative estimate of drug-likeness (QED) is 0.626. The minimum atomic E-state index is -0.257. The van der Waals surface area contributed by atoms with Crippen LogP contribution in [0.1, 0.15) is 30.8 Å². The average molecular weight is 303 g/mol. The fourth-order valence-corrected chi connectivity index (χ4v) is 2.99. The van der Waals surface area contributed by atoms with E-state index in [9.17, 15) is 4.39 Å². The van der Waals surface area contributed by atoms with Crippen LogP contribution in [0.3, 0.4) is 0 Å². The van der Waals surface area contributed by atoms with Gasteiger partial charge in [0.1, 0.15) is 11.6 Å². The van der Waals surface area contributed by atoms with Crippen LogP contribution >= 0.6 is 11.6 Å². The van der Waals surface area contributed by atoms with Crippen LogP contribution in [0.4, 0.5) is 4.39 Å². The molecular formula is C17H16ClFN2. The Balaban J connectivity index is 2.23. The zero-order chi connectivity index (χ0) is 14.8. The van der Waals surface area contributed by atoms with E-state index in [0.29, 0.717) is 5.88 Å². The third-order valence-electron chi connectivity index (χ3n) is 3.73. The predicted molar refractivity (Wildman–Crippen MR) is 84.1 cm³/mol. The van der Waals surface area contributed by atoms with Crippen molar-refractivity contribution >= 4 is 22.6 Å². The molecule has 1 aromatic heterocycles. The zero-order valence-corrected chi connectivity index (χ0v) is 12.5. The van der Waals surface area contributed by atoms with Crippen LogP contribution in [0, 0.1) is 5.82 Å². The third-order valence-corrected chi connectivity index (χ3v) is 3.97. The van der Waals surface area contributed by atoms with Crippen LogP contribution in [0.15, 0.2) is 48.5 Å². The number of fused-ring (bicyclic) bond motifs is 1. The third kappa shape index (κ3) is 2.54. The molecule has 1 unspecified atom stereocenters. The highest BCUT2D eigenvalue weighted by molar-refractivity contribution is 6.16. The number of imidazole rings is 1. The normalized spacial score (nSPS) is 12.7. The lowest BCUT2D eigenvalue weighted by Crippen LogP contribution is -2.12. The molecule has 4 heteroatoms. The van der Waals surface area contributed by atoms with Gasteiger partial charge < -0.3 is 4.57 Å². The van der Waals surface area contributed by atoms with Crippen molar-refractivity contribution in [3.63, 3.8) is 0 Å². The van der Waals surface area contributed by atoms with E-state index in [1.54, 1.807) is 6.07 Å². The van der Waals surface area contributed by atoms with Gasteiger partial charge >= 0.3 is 0 Å². The number of halogens is 2. The van der Waals surface area contributed by atoms with Crippen molar-refractivity contribution in [2.45, 2.75) is 25.3 Å². The molecule has 0 spiro atoms. The summed E-state index contributed by atoms with van der Waals surface area (Å²) < 4.78 is 15.7. The summed E-state index contributed by atoms with van der Waals surface area (Å²) in [5.41, 5.74) is 2.75. The highest BCUT2D eigenvalue weighted by Crippen LogP contribution is 2.29. The maximum absolute atomic E-state index is 13.6. The highest BCUT2D eigenvalue weighted by Gasteiger charge is 2.19. The topological polar surface area (TPSA) is 17.8 Å². The molecule has 0 amide bonds. The number of alkyl halides is 1. The molecule has 0 fully saturated rings. The van der Waals surface area contributed by atoms with Gasteiger partial charge in [-0.3, -0.25) is 0 Å². The molecule has 0 radical (unpaired) electrons. The first-order valence-corrected chi connectivity index (χ1v) is 7.55. The Bertz CT molecular complexity index is 752. The molecule has 2 aromatic carbocycles. The Morgan fingerprint density at radius 3 is 2.62 bits per heavy atom. The molecule has 0 N–H and O–H groups in total. The van der Waals surface area contributed by atoms with Crippen molar-refractivity contribution in [1.29, 1.82) is 0 Å². The van der Waals surface area contributed by atoms with E-state index in [2.05, 4.69) is 28.6 Å². The zero-order valence-electron chi connectivity index (χ0n) is 11.8. The number of nitrogens with zero attached hydrogens (tertiary/aromatic N) is 2. The van der Waals surface area contributed by atoms with Gasteiger partial charge in [-0.25, -0.2) is 9.37 Å². The van der Waals surface area contributed by atoms with Gasteiger partial charge in [0, 0.05) is 0 Å². The maximum Gasteiger partial charge on any atom is 0.125 e. The Morgan fingerprint density at radius 2 is 1.95 bits per heavy atom. The van der Waals surface area contributed by atoms with E-state index in [1.807, 2.05) is 18.2 Å². The van der Waals surface area contributed by atoms with Crippen LogP contribution in [0.5, 0.6) is 0 Å². The minimum absolute atomic E-state index is 0.103. The Hall–Kier alpha value is -1.87. The van der Waals surface area contributed by atoms with Crippen molar-refractivity contribution in [3.05, 3.63) is 65.7 Å². The fraction of sp³-hybridized carbons (Fsp3) is 0.235. The van der Waals surface area contributed by atoms with Gasteiger partial charge in [-0.05, 0) is 30.2 Å². The predicted octanol–water partition coefficient (Wildman–Crippen LogP) is 4.91. The number of hydrogen-bond donors (Lipinski definition) is 0. The molecule has 108 valence electrons. The van der Waals surface area contributed by atoms with Gasteiger partial charge in [0.05, 0.1) is 23.0 Å². The summed E-state index contributed by atoms with van der Waals surface area (Å²) in [5, 5.41) is 0. The van der Waals surface area contributed by atoms with Crippen LogP contribution in [0.25, 0.3) is 11.0 Å². The minimum Gasteiger partial charge on any atom is -0.319 e. The van der Waals surface area contributed by atoms with Crippen LogP contribution in [-0.2, 0) is 5.88 Å². The van der Waals surface area contributed by atoms with E-state index in [4.69, 9.17) is 11.6 Å². The largest absolute Gasteiger partial charge is 0.319 e. The molecule has 3 aromatic rings. The number of benzene rings is 2. The maximum atomic E-state index is 13.6. The molecule has 0 saturated carbocycles. The fourth-order valence-electron chi connectivity index (χ4n) is 2.80. The average Bonchev–Trinajstić information content (AvgIpc) is 2.87. The van der Waals surface area contributed by atoms with Gasteiger partial charge in [-0.1, -0.05) is 37.3 Å². The molecule has 0 aliphatic carbocycles. The van der Waals surface area contributed by atoms with Crippen LogP contribution in [-0.4, -0.2) is 9.55 Å². The summed E-state index contributed by atoms with van der Waals surface area (Å²) in [6.45, 7) is 2.11. The molecule has 0 aliphatic heterocycles. The SMILES string of the molecule is CCC(c1ccccc1)n1c(CCl)nc2ccc(F)cc21. The molecule has 0 bridgehead atoms. The molecular weight excluding hydrogens is 287 g/mol. The van der Waals surface area contributed by atoms with Gasteiger partial charge in [0.25, 0.3) is 0 Å². The van der Waals surface area contributed by atoms with Crippen LogP contribution in [0.2, 0.25) is 0 Å². The lowest BCUT2D eigenvalue weighted by Gasteiger charge is -2.20. The van der Waals surface area contributed by atoms with E-state index < -0.39 is 0 Å². The molecule has 1 atom stereocenters. The summed E-state index contributed by atoms with van der Waals surface area (Å²) in [7, 11) is 0. The molecule has 2 nitrogen and oxygen atoms in total. The van der Waals surface area contributed by atoms with Crippen molar-refractivity contribution in [1.82, 2.24) is 9.55 Å². The van der Waals surface area contributed by atoms with E-state index in [1.165, 1.54) is 17.7 Å². The van der Waals surface area contributed by atoms with E-state index in [0.717, 1.165) is 23.3 Å². The van der Waals surface area contributed by atoms with Crippen molar-refractivity contribution in [3.8, 4) is 0 Å². The summed E-state index contributed by atoms with van der Waals surface area (Å²) in [4.78, 5) is 4.53. The Morgan fingerprint density at radius 1 is 1.19 bits per heavy atom. The second kappa shape index (κ2) is 5.86. The van der Waals surface area contributed by atoms with Crippen LogP contribution < -0.4 is 0 Å². The Labute approximate surface area is 128 Å². The van der Waals surface area contributed by atoms with Crippen molar-refractivity contribution in [2.75, 3.05) is 0 Å². The lowest BCUT2D eigenvalue weighted by atomic mass is 10.0. The highest BCUT2D eigenvalue weighted by atomic mass is 35.5. The lowest BCUT2D eigenvalue weighted by molar-refractivity contribution is 0.563. The summed E-state index contributed by atoms with van der Waals surface area (Å²) in [6.07, 6.45) is 0.885. The molecule has 0 aliphatic rings. The van der Waals surface area contributed by atoms with Gasteiger partial charge in [0.2, 0.25) is 0 Å². The summed E-state index contributed by atoms with van der Waals surface area (Å²) in [6, 6.07) is 14.9. The number of hydrogen-bond acceptors (Lipinski definition) is 1. The standard InChI is InChI=1S/C17H16ClFN2/c1-2-15(12-6-4-3-5-7-12)21-16-10-13(19)8-9-14(16)20-17(21)11-18/h3-10,15H,2,11H2,1H3. The first-order chi connectivity index (χ1) is 10.2. The second-order valence-electron chi connectivity index (χ2n) is 5.00. The van der Waals surface area contributed by atoms with E-state index >= 15 is 0 Å². The number of aromatic nitrogens is 2. The first kappa shape index (κ1) is 14.1. The first-order valence-electron chi connectivity index (χ1n) is 7.02.